The average Bonchev–Trinajstić information content (AvgIpc) is 3.41. The summed E-state index contributed by atoms with van der Waals surface area (Å²) in [5.41, 5.74) is 2.08. The minimum absolute atomic E-state index is 0.193. The van der Waals surface area contributed by atoms with Gasteiger partial charge in [0.2, 0.25) is 5.91 Å². The monoisotopic (exact) mass is 369 g/mol. The molecule has 1 unspecified atom stereocenters. The minimum Gasteiger partial charge on any atom is -0.334 e. The SMILES string of the molecule is O=C(CSc1ncc(-c2ccccc2)[nH]1)N1CCCC1c1cccs1. The van der Waals surface area contributed by atoms with Crippen molar-refractivity contribution >= 4 is 29.0 Å². The molecule has 3 heterocycles. The largest absolute Gasteiger partial charge is 0.334 e. The number of H-pyrrole nitrogens is 1. The lowest BCUT2D eigenvalue weighted by molar-refractivity contribution is -0.129. The molecule has 25 heavy (non-hydrogen) atoms. The standard InChI is InChI=1S/C19H19N3OS2/c23-18(22-10-4-8-16(22)17-9-5-11-24-17)13-25-19-20-12-15(21-19)14-6-2-1-3-7-14/h1-3,5-7,9,11-12,16H,4,8,10,13H2,(H,20,21). The molecule has 1 atom stereocenters. The maximum Gasteiger partial charge on any atom is 0.233 e. The van der Waals surface area contributed by atoms with E-state index in [4.69, 9.17) is 0 Å². The molecule has 0 saturated carbocycles. The van der Waals surface area contributed by atoms with Crippen LogP contribution in [0.5, 0.6) is 0 Å². The predicted molar refractivity (Wildman–Crippen MR) is 103 cm³/mol. The van der Waals surface area contributed by atoms with E-state index in [1.165, 1.54) is 16.6 Å². The fourth-order valence-electron chi connectivity index (χ4n) is 3.20. The number of nitrogens with zero attached hydrogens (tertiary/aromatic N) is 2. The maximum atomic E-state index is 12.7. The van der Waals surface area contributed by atoms with Crippen molar-refractivity contribution in [2.75, 3.05) is 12.3 Å². The van der Waals surface area contributed by atoms with Gasteiger partial charge in [-0.15, -0.1) is 11.3 Å². The lowest BCUT2D eigenvalue weighted by Gasteiger charge is -2.23. The quantitative estimate of drug-likeness (QED) is 0.669. The fourth-order valence-corrected chi connectivity index (χ4v) is 4.80. The molecule has 0 bridgehead atoms. The van der Waals surface area contributed by atoms with Crippen LogP contribution in [-0.4, -0.2) is 33.1 Å². The molecule has 6 heteroatoms. The van der Waals surface area contributed by atoms with Gasteiger partial charge in [0.05, 0.1) is 23.7 Å². The Labute approximate surface area is 155 Å². The van der Waals surface area contributed by atoms with E-state index in [0.29, 0.717) is 5.75 Å². The van der Waals surface area contributed by atoms with E-state index in [1.54, 1.807) is 11.3 Å². The van der Waals surface area contributed by atoms with Crippen molar-refractivity contribution in [1.29, 1.82) is 0 Å². The van der Waals surface area contributed by atoms with E-state index < -0.39 is 0 Å². The molecule has 128 valence electrons. The third-order valence-electron chi connectivity index (χ3n) is 4.41. The Balaban J connectivity index is 1.38. The summed E-state index contributed by atoms with van der Waals surface area (Å²) in [5, 5.41) is 2.87. The number of nitrogens with one attached hydrogen (secondary N) is 1. The number of carbonyl (C=O) groups excluding carboxylic acids is 1. The number of amides is 1. The average molecular weight is 370 g/mol. The van der Waals surface area contributed by atoms with Crippen LogP contribution in [0.3, 0.4) is 0 Å². The zero-order valence-corrected chi connectivity index (χ0v) is 15.4. The van der Waals surface area contributed by atoms with Gasteiger partial charge in [-0.3, -0.25) is 4.79 Å². The van der Waals surface area contributed by atoms with Crippen LogP contribution in [0.1, 0.15) is 23.8 Å². The summed E-state index contributed by atoms with van der Waals surface area (Å²) in [4.78, 5) is 23.7. The Morgan fingerprint density at radius 1 is 1.28 bits per heavy atom. The molecule has 1 aliphatic rings. The number of aromatic nitrogens is 2. The number of thioether (sulfide) groups is 1. The van der Waals surface area contributed by atoms with Crippen molar-refractivity contribution in [2.45, 2.75) is 24.0 Å². The molecule has 1 aromatic carbocycles. The fraction of sp³-hybridized carbons (Fsp3) is 0.263. The zero-order chi connectivity index (χ0) is 17.1. The van der Waals surface area contributed by atoms with Gasteiger partial charge >= 0.3 is 0 Å². The van der Waals surface area contributed by atoms with Crippen molar-refractivity contribution in [3.05, 3.63) is 58.9 Å². The number of imidazole rings is 1. The molecular formula is C19H19N3OS2. The van der Waals surface area contributed by atoms with Crippen molar-refractivity contribution in [3.8, 4) is 11.3 Å². The summed E-state index contributed by atoms with van der Waals surface area (Å²) in [5.74, 6) is 0.613. The van der Waals surface area contributed by atoms with Crippen LogP contribution >= 0.6 is 23.1 Å². The van der Waals surface area contributed by atoms with Gasteiger partial charge in [-0.05, 0) is 29.9 Å². The molecule has 3 aromatic rings. The highest BCUT2D eigenvalue weighted by molar-refractivity contribution is 7.99. The van der Waals surface area contributed by atoms with Crippen LogP contribution in [0, 0.1) is 0 Å². The second-order valence-corrected chi connectivity index (χ2v) is 7.96. The van der Waals surface area contributed by atoms with Gasteiger partial charge < -0.3 is 9.88 Å². The molecule has 2 aromatic heterocycles. The lowest BCUT2D eigenvalue weighted by Crippen LogP contribution is -2.31. The van der Waals surface area contributed by atoms with Gasteiger partial charge in [0.25, 0.3) is 0 Å². The number of rotatable bonds is 5. The number of thiophene rings is 1. The molecule has 1 N–H and O–H groups in total. The summed E-state index contributed by atoms with van der Waals surface area (Å²) < 4.78 is 0. The van der Waals surface area contributed by atoms with Crippen LogP contribution in [0.15, 0.2) is 59.2 Å². The molecule has 0 radical (unpaired) electrons. The molecule has 0 aliphatic carbocycles. The third-order valence-corrected chi connectivity index (χ3v) is 6.26. The van der Waals surface area contributed by atoms with Crippen molar-refractivity contribution in [2.24, 2.45) is 0 Å². The Morgan fingerprint density at radius 3 is 2.96 bits per heavy atom. The Hall–Kier alpha value is -2.05. The molecule has 1 amide bonds. The van der Waals surface area contributed by atoms with Gasteiger partial charge in [0, 0.05) is 11.4 Å². The Kier molecular flexibility index (Phi) is 4.90. The molecule has 1 aliphatic heterocycles. The van der Waals surface area contributed by atoms with Crippen LogP contribution < -0.4 is 0 Å². The maximum absolute atomic E-state index is 12.7. The highest BCUT2D eigenvalue weighted by atomic mass is 32.2. The first-order chi connectivity index (χ1) is 12.3. The van der Waals surface area contributed by atoms with Crippen LogP contribution in [-0.2, 0) is 4.79 Å². The molecule has 1 fully saturated rings. The molecule has 1 saturated heterocycles. The third kappa shape index (κ3) is 3.65. The van der Waals surface area contributed by atoms with E-state index in [0.717, 1.165) is 35.8 Å². The number of hydrogen-bond donors (Lipinski definition) is 1. The summed E-state index contributed by atoms with van der Waals surface area (Å²) in [6.45, 7) is 0.857. The summed E-state index contributed by atoms with van der Waals surface area (Å²) in [7, 11) is 0. The topological polar surface area (TPSA) is 49.0 Å². The smallest absolute Gasteiger partial charge is 0.233 e. The van der Waals surface area contributed by atoms with E-state index in [2.05, 4.69) is 27.5 Å². The molecular weight excluding hydrogens is 350 g/mol. The first-order valence-corrected chi connectivity index (χ1v) is 10.2. The number of aromatic amines is 1. The van der Waals surface area contributed by atoms with E-state index >= 15 is 0 Å². The predicted octanol–water partition coefficient (Wildman–Crippen LogP) is 4.59. The summed E-state index contributed by atoms with van der Waals surface area (Å²) >= 11 is 3.21. The summed E-state index contributed by atoms with van der Waals surface area (Å²) in [6.07, 6.45) is 3.97. The van der Waals surface area contributed by atoms with E-state index in [-0.39, 0.29) is 11.9 Å². The highest BCUT2D eigenvalue weighted by Crippen LogP contribution is 2.35. The first kappa shape index (κ1) is 16.4. The zero-order valence-electron chi connectivity index (χ0n) is 13.7. The molecule has 4 rings (SSSR count). The number of hydrogen-bond acceptors (Lipinski definition) is 4. The van der Waals surface area contributed by atoms with Crippen LogP contribution in [0.4, 0.5) is 0 Å². The number of benzene rings is 1. The lowest BCUT2D eigenvalue weighted by atomic mass is 10.2. The van der Waals surface area contributed by atoms with Gasteiger partial charge in [-0.2, -0.15) is 0 Å². The Bertz CT molecular complexity index is 829. The number of likely N-dealkylation sites (tertiary alicyclic amines) is 1. The summed E-state index contributed by atoms with van der Waals surface area (Å²) in [6, 6.07) is 14.5. The highest BCUT2D eigenvalue weighted by Gasteiger charge is 2.30. The minimum atomic E-state index is 0.193. The molecule has 0 spiro atoms. The van der Waals surface area contributed by atoms with Crippen molar-refractivity contribution < 1.29 is 4.79 Å². The van der Waals surface area contributed by atoms with Gasteiger partial charge in [-0.25, -0.2) is 4.98 Å². The van der Waals surface area contributed by atoms with Gasteiger partial charge in [0.15, 0.2) is 5.16 Å². The normalized spacial score (nSPS) is 17.1. The van der Waals surface area contributed by atoms with Crippen LogP contribution in [0.25, 0.3) is 11.3 Å². The second kappa shape index (κ2) is 7.45. The van der Waals surface area contributed by atoms with E-state index in [1.807, 2.05) is 41.4 Å². The van der Waals surface area contributed by atoms with Crippen molar-refractivity contribution in [1.82, 2.24) is 14.9 Å². The van der Waals surface area contributed by atoms with Gasteiger partial charge in [-0.1, -0.05) is 48.2 Å². The van der Waals surface area contributed by atoms with Crippen LogP contribution in [0.2, 0.25) is 0 Å². The number of carbonyl (C=O) groups is 1. The van der Waals surface area contributed by atoms with Gasteiger partial charge in [0.1, 0.15) is 0 Å². The van der Waals surface area contributed by atoms with Crippen molar-refractivity contribution in [3.63, 3.8) is 0 Å². The second-order valence-electron chi connectivity index (χ2n) is 6.02. The first-order valence-electron chi connectivity index (χ1n) is 8.37. The molecule has 4 nitrogen and oxygen atoms in total. The Morgan fingerprint density at radius 2 is 2.16 bits per heavy atom. The van der Waals surface area contributed by atoms with E-state index in [9.17, 15) is 4.79 Å².